The summed E-state index contributed by atoms with van der Waals surface area (Å²) < 4.78 is 10.7. The van der Waals surface area contributed by atoms with E-state index < -0.39 is 0 Å². The molecule has 0 spiro atoms. The molecular weight excluding hydrogens is 272 g/mol. The van der Waals surface area contributed by atoms with Gasteiger partial charge < -0.3 is 19.8 Å². The minimum atomic E-state index is 0.289. The summed E-state index contributed by atoms with van der Waals surface area (Å²) in [6.07, 6.45) is 2.65. The van der Waals surface area contributed by atoms with Crippen LogP contribution >= 0.6 is 0 Å². The maximum Gasteiger partial charge on any atom is 0.323 e. The second kappa shape index (κ2) is 7.41. The normalized spacial score (nSPS) is 10.4. The molecular formula is C13H20N6O2. The molecule has 0 aliphatic rings. The maximum atomic E-state index is 5.39. The summed E-state index contributed by atoms with van der Waals surface area (Å²) >= 11 is 0. The van der Waals surface area contributed by atoms with Crippen LogP contribution in [-0.4, -0.2) is 33.1 Å². The van der Waals surface area contributed by atoms with Crippen molar-refractivity contribution in [2.75, 3.05) is 23.8 Å². The zero-order valence-corrected chi connectivity index (χ0v) is 12.5. The first-order chi connectivity index (χ1) is 10.2. The Balaban J connectivity index is 2.07. The van der Waals surface area contributed by atoms with E-state index in [0.717, 1.165) is 18.7 Å². The van der Waals surface area contributed by atoms with Crippen LogP contribution in [0.3, 0.4) is 0 Å². The SMILES string of the molecule is CCCNc1nc(NCc2ncc(C)o2)nc(OCC)n1. The van der Waals surface area contributed by atoms with Crippen LogP contribution in [0.5, 0.6) is 6.01 Å². The second-order valence-corrected chi connectivity index (χ2v) is 4.34. The quantitative estimate of drug-likeness (QED) is 0.762. The molecule has 0 radical (unpaired) electrons. The Morgan fingerprint density at radius 2 is 1.90 bits per heavy atom. The van der Waals surface area contributed by atoms with Crippen molar-refractivity contribution in [3.8, 4) is 6.01 Å². The Hall–Kier alpha value is -2.38. The lowest BCUT2D eigenvalue weighted by Gasteiger charge is -2.08. The molecule has 2 aromatic heterocycles. The molecule has 8 heteroatoms. The lowest BCUT2D eigenvalue weighted by atomic mass is 10.5. The van der Waals surface area contributed by atoms with Crippen LogP contribution in [0.25, 0.3) is 0 Å². The molecule has 0 aliphatic carbocycles. The number of aryl methyl sites for hydroxylation is 1. The topological polar surface area (TPSA) is 98.0 Å². The van der Waals surface area contributed by atoms with Gasteiger partial charge in [0.15, 0.2) is 0 Å². The minimum Gasteiger partial charge on any atom is -0.464 e. The molecule has 0 saturated carbocycles. The summed E-state index contributed by atoms with van der Waals surface area (Å²) in [5, 5.41) is 6.17. The molecule has 114 valence electrons. The number of rotatable bonds is 8. The second-order valence-electron chi connectivity index (χ2n) is 4.34. The predicted molar refractivity (Wildman–Crippen MR) is 78.3 cm³/mol. The molecule has 0 saturated heterocycles. The van der Waals surface area contributed by atoms with Gasteiger partial charge in [-0.3, -0.25) is 0 Å². The molecule has 21 heavy (non-hydrogen) atoms. The predicted octanol–water partition coefficient (Wildman–Crippen LogP) is 2.00. The zero-order valence-electron chi connectivity index (χ0n) is 12.5. The van der Waals surface area contributed by atoms with E-state index in [-0.39, 0.29) is 6.01 Å². The summed E-state index contributed by atoms with van der Waals surface area (Å²) in [4.78, 5) is 16.8. The van der Waals surface area contributed by atoms with E-state index in [2.05, 4.69) is 37.5 Å². The van der Waals surface area contributed by atoms with Gasteiger partial charge in [0, 0.05) is 6.54 Å². The summed E-state index contributed by atoms with van der Waals surface area (Å²) in [6, 6.07) is 0.289. The fraction of sp³-hybridized carbons (Fsp3) is 0.538. The van der Waals surface area contributed by atoms with Crippen LogP contribution in [0.1, 0.15) is 31.9 Å². The number of hydrogen-bond donors (Lipinski definition) is 2. The summed E-state index contributed by atoms with van der Waals surface area (Å²) in [7, 11) is 0. The first-order valence-electron chi connectivity index (χ1n) is 6.99. The third-order valence-corrected chi connectivity index (χ3v) is 2.49. The van der Waals surface area contributed by atoms with Crippen molar-refractivity contribution in [3.05, 3.63) is 17.8 Å². The van der Waals surface area contributed by atoms with E-state index in [1.165, 1.54) is 0 Å². The van der Waals surface area contributed by atoms with Crippen LogP contribution in [0.2, 0.25) is 0 Å². The highest BCUT2D eigenvalue weighted by Crippen LogP contribution is 2.12. The van der Waals surface area contributed by atoms with Gasteiger partial charge in [0.25, 0.3) is 0 Å². The van der Waals surface area contributed by atoms with Gasteiger partial charge in [-0.1, -0.05) is 6.92 Å². The van der Waals surface area contributed by atoms with Gasteiger partial charge in [-0.05, 0) is 20.3 Å². The zero-order chi connectivity index (χ0) is 15.1. The number of anilines is 2. The Kier molecular flexibility index (Phi) is 5.30. The Morgan fingerprint density at radius 3 is 2.52 bits per heavy atom. The fourth-order valence-electron chi connectivity index (χ4n) is 1.58. The molecule has 0 aromatic carbocycles. The van der Waals surface area contributed by atoms with Gasteiger partial charge in [0.2, 0.25) is 17.8 Å². The van der Waals surface area contributed by atoms with Crippen molar-refractivity contribution >= 4 is 11.9 Å². The van der Waals surface area contributed by atoms with Crippen LogP contribution in [0.15, 0.2) is 10.6 Å². The number of hydrogen-bond acceptors (Lipinski definition) is 8. The molecule has 0 bridgehead atoms. The van der Waals surface area contributed by atoms with Crippen molar-refractivity contribution < 1.29 is 9.15 Å². The van der Waals surface area contributed by atoms with E-state index >= 15 is 0 Å². The van der Waals surface area contributed by atoms with Gasteiger partial charge in [-0.2, -0.15) is 15.0 Å². The monoisotopic (exact) mass is 292 g/mol. The highest BCUT2D eigenvalue weighted by molar-refractivity contribution is 5.35. The number of nitrogens with one attached hydrogen (secondary N) is 2. The first-order valence-corrected chi connectivity index (χ1v) is 6.99. The van der Waals surface area contributed by atoms with Crippen molar-refractivity contribution in [1.82, 2.24) is 19.9 Å². The third kappa shape index (κ3) is 4.59. The Bertz CT molecular complexity index is 572. The lowest BCUT2D eigenvalue weighted by Crippen LogP contribution is -2.11. The van der Waals surface area contributed by atoms with E-state index in [0.29, 0.717) is 30.9 Å². The minimum absolute atomic E-state index is 0.289. The molecule has 0 amide bonds. The van der Waals surface area contributed by atoms with E-state index in [4.69, 9.17) is 9.15 Å². The van der Waals surface area contributed by atoms with Gasteiger partial charge in [-0.15, -0.1) is 0 Å². The Labute approximate surface area is 123 Å². The van der Waals surface area contributed by atoms with Crippen molar-refractivity contribution in [2.45, 2.75) is 33.7 Å². The summed E-state index contributed by atoms with van der Waals surface area (Å²) in [6.45, 7) is 7.48. The molecule has 0 fully saturated rings. The molecule has 2 heterocycles. The Morgan fingerprint density at radius 1 is 1.14 bits per heavy atom. The van der Waals surface area contributed by atoms with Crippen LogP contribution in [-0.2, 0) is 6.54 Å². The smallest absolute Gasteiger partial charge is 0.323 e. The molecule has 0 atom stereocenters. The molecule has 8 nitrogen and oxygen atoms in total. The summed E-state index contributed by atoms with van der Waals surface area (Å²) in [5.41, 5.74) is 0. The lowest BCUT2D eigenvalue weighted by molar-refractivity contribution is 0.312. The fourth-order valence-corrected chi connectivity index (χ4v) is 1.58. The van der Waals surface area contributed by atoms with E-state index in [1.807, 2.05) is 13.8 Å². The molecule has 2 aromatic rings. The average Bonchev–Trinajstić information content (AvgIpc) is 2.89. The number of nitrogens with zero attached hydrogens (tertiary/aromatic N) is 4. The van der Waals surface area contributed by atoms with Crippen LogP contribution in [0.4, 0.5) is 11.9 Å². The average molecular weight is 292 g/mol. The standard InChI is InChI=1S/C13H20N6O2/c1-4-6-14-11-17-12(19-13(18-11)20-5-2)16-8-10-15-7-9(3)21-10/h7H,4-6,8H2,1-3H3,(H2,14,16,17,18,19). The van der Waals surface area contributed by atoms with Gasteiger partial charge >= 0.3 is 6.01 Å². The van der Waals surface area contributed by atoms with E-state index in [1.54, 1.807) is 6.20 Å². The third-order valence-electron chi connectivity index (χ3n) is 2.49. The van der Waals surface area contributed by atoms with E-state index in [9.17, 15) is 0 Å². The largest absolute Gasteiger partial charge is 0.464 e. The number of oxazole rings is 1. The van der Waals surface area contributed by atoms with Crippen molar-refractivity contribution in [2.24, 2.45) is 0 Å². The first kappa shape index (κ1) is 15.0. The highest BCUT2D eigenvalue weighted by Gasteiger charge is 2.08. The molecule has 0 aliphatic heterocycles. The van der Waals surface area contributed by atoms with Crippen LogP contribution < -0.4 is 15.4 Å². The van der Waals surface area contributed by atoms with Gasteiger partial charge in [0.05, 0.1) is 19.3 Å². The number of aromatic nitrogens is 4. The maximum absolute atomic E-state index is 5.39. The van der Waals surface area contributed by atoms with Gasteiger partial charge in [-0.25, -0.2) is 4.98 Å². The van der Waals surface area contributed by atoms with Crippen molar-refractivity contribution in [3.63, 3.8) is 0 Å². The summed E-state index contributed by atoms with van der Waals surface area (Å²) in [5.74, 6) is 2.25. The molecule has 2 rings (SSSR count). The number of ether oxygens (including phenoxy) is 1. The van der Waals surface area contributed by atoms with Crippen LogP contribution in [0, 0.1) is 6.92 Å². The molecule has 2 N–H and O–H groups in total. The molecule has 0 unspecified atom stereocenters. The van der Waals surface area contributed by atoms with Gasteiger partial charge in [0.1, 0.15) is 5.76 Å². The van der Waals surface area contributed by atoms with Crippen molar-refractivity contribution in [1.29, 1.82) is 0 Å². The highest BCUT2D eigenvalue weighted by atomic mass is 16.5.